The largest absolute Gasteiger partial charge is 0.369 e. The molecule has 0 bridgehead atoms. The summed E-state index contributed by atoms with van der Waals surface area (Å²) in [7, 11) is 0. The average Bonchev–Trinajstić information content (AvgIpc) is 2.25. The Morgan fingerprint density at radius 3 is 2.81 bits per heavy atom. The lowest BCUT2D eigenvalue weighted by Gasteiger charge is -2.34. The van der Waals surface area contributed by atoms with E-state index in [4.69, 9.17) is 10.5 Å². The van der Waals surface area contributed by atoms with Gasteiger partial charge in [0.25, 0.3) is 0 Å². The zero-order chi connectivity index (χ0) is 12.1. The molecule has 3 N–H and O–H groups in total. The van der Waals surface area contributed by atoms with Gasteiger partial charge in [0.15, 0.2) is 0 Å². The van der Waals surface area contributed by atoms with Crippen LogP contribution in [0, 0.1) is 0 Å². The van der Waals surface area contributed by atoms with Gasteiger partial charge in [-0.15, -0.1) is 0 Å². The van der Waals surface area contributed by atoms with E-state index in [1.165, 1.54) is 4.90 Å². The van der Waals surface area contributed by atoms with Crippen LogP contribution in [0.15, 0.2) is 0 Å². The van der Waals surface area contributed by atoms with E-state index in [9.17, 15) is 9.59 Å². The van der Waals surface area contributed by atoms with Gasteiger partial charge >= 0.3 is 0 Å². The maximum Gasteiger partial charge on any atom is 0.249 e. The van der Waals surface area contributed by atoms with Gasteiger partial charge < -0.3 is 20.7 Å². The quantitative estimate of drug-likeness (QED) is 0.627. The van der Waals surface area contributed by atoms with Gasteiger partial charge in [0.05, 0.1) is 6.10 Å². The molecule has 1 rings (SSSR count). The van der Waals surface area contributed by atoms with E-state index in [2.05, 4.69) is 5.32 Å². The Kier molecular flexibility index (Phi) is 4.70. The predicted octanol–water partition coefficient (Wildman–Crippen LogP) is -1.30. The van der Waals surface area contributed by atoms with Gasteiger partial charge in [-0.3, -0.25) is 9.59 Å². The summed E-state index contributed by atoms with van der Waals surface area (Å²) in [6.07, 6.45) is -0.00102. The SMILES string of the molecule is CC(C)OCC(=O)N1CCNCC1C(N)=O. The summed E-state index contributed by atoms with van der Waals surface area (Å²) in [5, 5.41) is 3.03. The van der Waals surface area contributed by atoms with Crippen LogP contribution in [-0.2, 0) is 14.3 Å². The lowest BCUT2D eigenvalue weighted by atomic mass is 10.2. The zero-order valence-corrected chi connectivity index (χ0v) is 9.73. The summed E-state index contributed by atoms with van der Waals surface area (Å²) in [5.41, 5.74) is 5.24. The molecule has 1 aliphatic rings. The minimum Gasteiger partial charge on any atom is -0.369 e. The van der Waals surface area contributed by atoms with Crippen molar-refractivity contribution in [1.82, 2.24) is 10.2 Å². The molecule has 0 spiro atoms. The first kappa shape index (κ1) is 12.9. The van der Waals surface area contributed by atoms with Crippen LogP contribution in [0.3, 0.4) is 0 Å². The molecule has 1 saturated heterocycles. The van der Waals surface area contributed by atoms with Crippen LogP contribution in [0.4, 0.5) is 0 Å². The number of piperazine rings is 1. The highest BCUT2D eigenvalue weighted by molar-refractivity contribution is 5.87. The number of rotatable bonds is 4. The van der Waals surface area contributed by atoms with E-state index in [0.717, 1.165) is 0 Å². The fourth-order valence-electron chi connectivity index (χ4n) is 1.58. The molecular weight excluding hydrogens is 210 g/mol. The minimum atomic E-state index is -0.558. The molecule has 92 valence electrons. The Balaban J connectivity index is 2.54. The second kappa shape index (κ2) is 5.81. The first-order valence-corrected chi connectivity index (χ1v) is 5.43. The van der Waals surface area contributed by atoms with Gasteiger partial charge in [-0.05, 0) is 13.8 Å². The maximum absolute atomic E-state index is 11.8. The molecule has 1 atom stereocenters. The Hall–Kier alpha value is -1.14. The predicted molar refractivity (Wildman–Crippen MR) is 58.7 cm³/mol. The minimum absolute atomic E-state index is 0.00102. The van der Waals surface area contributed by atoms with Crippen molar-refractivity contribution >= 4 is 11.8 Å². The fourth-order valence-corrected chi connectivity index (χ4v) is 1.58. The molecule has 1 heterocycles. The van der Waals surface area contributed by atoms with Crippen molar-refractivity contribution in [2.24, 2.45) is 5.73 Å². The summed E-state index contributed by atoms with van der Waals surface area (Å²) in [4.78, 5) is 24.4. The third-order valence-corrected chi connectivity index (χ3v) is 2.43. The van der Waals surface area contributed by atoms with Crippen molar-refractivity contribution in [3.05, 3.63) is 0 Å². The first-order chi connectivity index (χ1) is 7.52. The van der Waals surface area contributed by atoms with E-state index < -0.39 is 11.9 Å². The standard InChI is InChI=1S/C10H19N3O3/c1-7(2)16-6-9(14)13-4-3-12-5-8(13)10(11)15/h7-8,12H,3-6H2,1-2H3,(H2,11,15). The fraction of sp³-hybridized carbons (Fsp3) is 0.800. The van der Waals surface area contributed by atoms with E-state index in [0.29, 0.717) is 19.6 Å². The van der Waals surface area contributed by atoms with Crippen molar-refractivity contribution < 1.29 is 14.3 Å². The van der Waals surface area contributed by atoms with Gasteiger partial charge in [0.2, 0.25) is 11.8 Å². The van der Waals surface area contributed by atoms with E-state index in [1.807, 2.05) is 13.8 Å². The number of hydrogen-bond donors (Lipinski definition) is 2. The number of nitrogens with one attached hydrogen (secondary N) is 1. The number of ether oxygens (including phenoxy) is 1. The van der Waals surface area contributed by atoms with E-state index in [1.54, 1.807) is 0 Å². The third-order valence-electron chi connectivity index (χ3n) is 2.43. The molecule has 1 unspecified atom stereocenters. The van der Waals surface area contributed by atoms with Crippen molar-refractivity contribution in [2.45, 2.75) is 26.0 Å². The molecule has 0 aromatic carbocycles. The normalized spacial score (nSPS) is 21.2. The molecule has 0 aromatic rings. The highest BCUT2D eigenvalue weighted by Crippen LogP contribution is 2.04. The lowest BCUT2D eigenvalue weighted by Crippen LogP contribution is -2.59. The van der Waals surface area contributed by atoms with Crippen LogP contribution < -0.4 is 11.1 Å². The van der Waals surface area contributed by atoms with Gasteiger partial charge in [0, 0.05) is 19.6 Å². The Labute approximate surface area is 95.1 Å². The van der Waals surface area contributed by atoms with Crippen molar-refractivity contribution in [1.29, 1.82) is 0 Å². The summed E-state index contributed by atoms with van der Waals surface area (Å²) in [6.45, 7) is 5.31. The topological polar surface area (TPSA) is 84.7 Å². The number of nitrogens with zero attached hydrogens (tertiary/aromatic N) is 1. The second-order valence-electron chi connectivity index (χ2n) is 4.07. The monoisotopic (exact) mass is 229 g/mol. The number of amides is 2. The zero-order valence-electron chi connectivity index (χ0n) is 9.73. The maximum atomic E-state index is 11.8. The highest BCUT2D eigenvalue weighted by atomic mass is 16.5. The molecule has 0 radical (unpaired) electrons. The lowest BCUT2D eigenvalue weighted by molar-refractivity contribution is -0.145. The van der Waals surface area contributed by atoms with E-state index >= 15 is 0 Å². The van der Waals surface area contributed by atoms with Crippen LogP contribution in [-0.4, -0.2) is 55.1 Å². The van der Waals surface area contributed by atoms with Crippen LogP contribution in [0.1, 0.15) is 13.8 Å². The summed E-state index contributed by atoms with van der Waals surface area (Å²) in [6, 6.07) is -0.558. The summed E-state index contributed by atoms with van der Waals surface area (Å²) >= 11 is 0. The Bertz CT molecular complexity index is 268. The van der Waals surface area contributed by atoms with Gasteiger partial charge in [0.1, 0.15) is 12.6 Å². The van der Waals surface area contributed by atoms with Crippen LogP contribution in [0.2, 0.25) is 0 Å². The second-order valence-corrected chi connectivity index (χ2v) is 4.07. The molecular formula is C10H19N3O3. The number of nitrogens with two attached hydrogens (primary N) is 1. The first-order valence-electron chi connectivity index (χ1n) is 5.43. The number of primary amides is 1. The molecule has 1 fully saturated rings. The molecule has 0 aromatic heterocycles. The van der Waals surface area contributed by atoms with Gasteiger partial charge in [-0.1, -0.05) is 0 Å². The molecule has 6 nitrogen and oxygen atoms in total. The summed E-state index contributed by atoms with van der Waals surface area (Å²) in [5.74, 6) is -0.663. The van der Waals surface area contributed by atoms with Crippen LogP contribution in [0.25, 0.3) is 0 Å². The van der Waals surface area contributed by atoms with Gasteiger partial charge in [-0.25, -0.2) is 0 Å². The highest BCUT2D eigenvalue weighted by Gasteiger charge is 2.30. The molecule has 16 heavy (non-hydrogen) atoms. The summed E-state index contributed by atoms with van der Waals surface area (Å²) < 4.78 is 5.22. The Morgan fingerprint density at radius 2 is 2.25 bits per heavy atom. The molecule has 1 aliphatic heterocycles. The average molecular weight is 229 g/mol. The van der Waals surface area contributed by atoms with Gasteiger partial charge in [-0.2, -0.15) is 0 Å². The van der Waals surface area contributed by atoms with E-state index in [-0.39, 0.29) is 18.6 Å². The number of carbonyl (C=O) groups excluding carboxylic acids is 2. The Morgan fingerprint density at radius 1 is 1.56 bits per heavy atom. The number of hydrogen-bond acceptors (Lipinski definition) is 4. The third kappa shape index (κ3) is 3.46. The molecule has 6 heteroatoms. The number of carbonyl (C=O) groups is 2. The molecule has 0 aliphatic carbocycles. The van der Waals surface area contributed by atoms with Crippen LogP contribution in [0.5, 0.6) is 0 Å². The van der Waals surface area contributed by atoms with Crippen molar-refractivity contribution in [3.8, 4) is 0 Å². The molecule has 0 saturated carbocycles. The smallest absolute Gasteiger partial charge is 0.249 e. The van der Waals surface area contributed by atoms with Crippen molar-refractivity contribution in [3.63, 3.8) is 0 Å². The van der Waals surface area contributed by atoms with Crippen LogP contribution >= 0.6 is 0 Å². The molecule has 2 amide bonds. The van der Waals surface area contributed by atoms with Crippen molar-refractivity contribution in [2.75, 3.05) is 26.2 Å².